The fourth-order valence-corrected chi connectivity index (χ4v) is 3.81. The van der Waals surface area contributed by atoms with Gasteiger partial charge in [-0.2, -0.15) is 0 Å². The number of hydrogen-bond donors (Lipinski definition) is 1. The molecule has 0 atom stereocenters. The van der Waals surface area contributed by atoms with Gasteiger partial charge in [0.1, 0.15) is 0 Å². The van der Waals surface area contributed by atoms with Crippen molar-refractivity contribution in [2.45, 2.75) is 0 Å². The second-order valence-electron chi connectivity index (χ2n) is 3.51. The molecule has 0 unspecified atom stereocenters. The van der Waals surface area contributed by atoms with Crippen LogP contribution < -0.4 is 0 Å². The first-order chi connectivity index (χ1) is 7.84. The molecule has 1 aromatic carbocycles. The highest BCUT2D eigenvalue weighted by Gasteiger charge is 2.25. The molecule has 2 rings (SSSR count). The van der Waals surface area contributed by atoms with Crippen LogP contribution in [0.15, 0.2) is 24.3 Å². The van der Waals surface area contributed by atoms with Crippen LogP contribution >= 0.6 is 22.6 Å². The first-order valence-electron chi connectivity index (χ1n) is 4.57. The summed E-state index contributed by atoms with van der Waals surface area (Å²) in [5, 5.41) is 9.74. The molecule has 0 saturated heterocycles. The third-order valence-electron chi connectivity index (χ3n) is 2.30. The van der Waals surface area contributed by atoms with Gasteiger partial charge in [-0.05, 0) is 28.7 Å². The summed E-state index contributed by atoms with van der Waals surface area (Å²) in [6, 6.07) is 6.70. The van der Waals surface area contributed by atoms with Crippen molar-refractivity contribution in [1.82, 2.24) is 3.97 Å². The quantitative estimate of drug-likeness (QED) is 0.823. The third-order valence-corrected chi connectivity index (χ3v) is 4.44. The summed E-state index contributed by atoms with van der Waals surface area (Å²) >= 11 is 1.85. The Morgan fingerprint density at radius 1 is 1.35 bits per heavy atom. The summed E-state index contributed by atoms with van der Waals surface area (Å²) in [5.74, 6) is -1.25. The van der Waals surface area contributed by atoms with E-state index in [0.29, 0.717) is 14.5 Å². The van der Waals surface area contributed by atoms with E-state index >= 15 is 0 Å². The van der Waals surface area contributed by atoms with Crippen LogP contribution in [0, 0.1) is 3.57 Å². The molecular formula is C10H8INO4S. The van der Waals surface area contributed by atoms with Crippen molar-refractivity contribution in [2.75, 3.05) is 6.26 Å². The second-order valence-corrected chi connectivity index (χ2v) is 6.42. The second kappa shape index (κ2) is 3.98. The van der Waals surface area contributed by atoms with Crippen LogP contribution in [-0.2, 0) is 10.0 Å². The number of carboxylic acids is 1. The van der Waals surface area contributed by atoms with Gasteiger partial charge in [0, 0.05) is 5.39 Å². The minimum Gasteiger partial charge on any atom is -0.477 e. The number of rotatable bonds is 2. The van der Waals surface area contributed by atoms with Crippen molar-refractivity contribution >= 4 is 49.5 Å². The molecule has 5 nitrogen and oxygen atoms in total. The summed E-state index contributed by atoms with van der Waals surface area (Å²) in [6.07, 6.45) is 0.988. The van der Waals surface area contributed by atoms with Gasteiger partial charge < -0.3 is 5.11 Å². The van der Waals surface area contributed by atoms with E-state index in [1.54, 1.807) is 24.3 Å². The molecule has 0 amide bonds. The van der Waals surface area contributed by atoms with Crippen LogP contribution in [0.5, 0.6) is 0 Å². The number of para-hydroxylation sites is 1. The van der Waals surface area contributed by atoms with Gasteiger partial charge in [-0.25, -0.2) is 17.2 Å². The Hall–Kier alpha value is -1.09. The van der Waals surface area contributed by atoms with Crippen molar-refractivity contribution in [1.29, 1.82) is 0 Å². The molecule has 1 N–H and O–H groups in total. The van der Waals surface area contributed by atoms with E-state index in [1.807, 2.05) is 22.6 Å². The van der Waals surface area contributed by atoms with E-state index < -0.39 is 16.0 Å². The molecule has 90 valence electrons. The Morgan fingerprint density at radius 3 is 2.47 bits per heavy atom. The number of nitrogens with zero attached hydrogens (tertiary/aromatic N) is 1. The summed E-state index contributed by atoms with van der Waals surface area (Å²) in [6.45, 7) is 0. The molecule has 0 aliphatic rings. The standard InChI is InChI=1S/C10H8INO4S/c1-17(15,16)12-7-5-3-2-4-6(7)8(11)9(12)10(13)14/h2-5H,1H3,(H,13,14). The summed E-state index contributed by atoms with van der Waals surface area (Å²) in [4.78, 5) is 11.2. The number of aromatic nitrogens is 1. The average molecular weight is 365 g/mol. The lowest BCUT2D eigenvalue weighted by Gasteiger charge is -2.04. The lowest BCUT2D eigenvalue weighted by molar-refractivity contribution is 0.0688. The average Bonchev–Trinajstić information content (AvgIpc) is 2.52. The van der Waals surface area contributed by atoms with Crippen LogP contribution in [0.3, 0.4) is 0 Å². The van der Waals surface area contributed by atoms with Crippen LogP contribution in [0.1, 0.15) is 10.5 Å². The Balaban J connectivity index is 3.07. The maximum atomic E-state index is 11.7. The fourth-order valence-electron chi connectivity index (χ4n) is 1.70. The van der Waals surface area contributed by atoms with Gasteiger partial charge in [-0.3, -0.25) is 0 Å². The SMILES string of the molecule is CS(=O)(=O)n1c(C(=O)O)c(I)c2ccccc21. The predicted octanol–water partition coefficient (Wildman–Crippen LogP) is 1.75. The maximum absolute atomic E-state index is 11.7. The molecule has 0 fully saturated rings. The van der Waals surface area contributed by atoms with Gasteiger partial charge in [-0.1, -0.05) is 18.2 Å². The normalized spacial score (nSPS) is 11.9. The molecule has 0 saturated carbocycles. The Labute approximate surface area is 111 Å². The molecular weight excluding hydrogens is 357 g/mol. The lowest BCUT2D eigenvalue weighted by Crippen LogP contribution is -2.17. The third kappa shape index (κ3) is 1.93. The van der Waals surface area contributed by atoms with Crippen LogP contribution in [0.4, 0.5) is 0 Å². The number of carboxylic acid groups (broad SMARTS) is 1. The number of fused-ring (bicyclic) bond motifs is 1. The number of halogens is 1. The molecule has 17 heavy (non-hydrogen) atoms. The minimum absolute atomic E-state index is 0.214. The molecule has 2 aromatic rings. The van der Waals surface area contributed by atoms with Crippen molar-refractivity contribution in [2.24, 2.45) is 0 Å². The Kier molecular flexibility index (Phi) is 2.90. The first kappa shape index (κ1) is 12.4. The topological polar surface area (TPSA) is 76.4 Å². The highest BCUT2D eigenvalue weighted by Crippen LogP contribution is 2.28. The van der Waals surface area contributed by atoms with Gasteiger partial charge in [0.05, 0.1) is 15.3 Å². The molecule has 0 radical (unpaired) electrons. The van der Waals surface area contributed by atoms with Crippen molar-refractivity contribution in [3.05, 3.63) is 33.5 Å². The summed E-state index contributed by atoms with van der Waals surface area (Å²) in [7, 11) is -3.65. The number of benzene rings is 1. The van der Waals surface area contributed by atoms with Gasteiger partial charge in [0.25, 0.3) is 0 Å². The lowest BCUT2D eigenvalue weighted by atomic mass is 10.2. The summed E-state index contributed by atoms with van der Waals surface area (Å²) < 4.78 is 24.7. The highest BCUT2D eigenvalue weighted by molar-refractivity contribution is 14.1. The van der Waals surface area contributed by atoms with E-state index in [0.717, 1.165) is 10.2 Å². The molecule has 1 aromatic heterocycles. The molecule has 0 aliphatic heterocycles. The summed E-state index contributed by atoms with van der Waals surface area (Å²) in [5.41, 5.74) is 0.172. The molecule has 0 spiro atoms. The predicted molar refractivity (Wildman–Crippen MR) is 71.9 cm³/mol. The Morgan fingerprint density at radius 2 is 1.94 bits per heavy atom. The van der Waals surface area contributed by atoms with E-state index in [-0.39, 0.29) is 5.69 Å². The van der Waals surface area contributed by atoms with Crippen LogP contribution in [-0.4, -0.2) is 29.7 Å². The highest BCUT2D eigenvalue weighted by atomic mass is 127. The molecule has 1 heterocycles. The van der Waals surface area contributed by atoms with Crippen molar-refractivity contribution in [3.8, 4) is 0 Å². The number of carbonyl (C=O) groups is 1. The van der Waals surface area contributed by atoms with Crippen LogP contribution in [0.2, 0.25) is 0 Å². The maximum Gasteiger partial charge on any atom is 0.354 e. The minimum atomic E-state index is -3.65. The van der Waals surface area contributed by atoms with Gasteiger partial charge >= 0.3 is 5.97 Å². The number of hydrogen-bond acceptors (Lipinski definition) is 3. The van der Waals surface area contributed by atoms with Crippen LogP contribution in [0.25, 0.3) is 10.9 Å². The zero-order chi connectivity index (χ0) is 12.8. The largest absolute Gasteiger partial charge is 0.477 e. The van der Waals surface area contributed by atoms with Gasteiger partial charge in [0.15, 0.2) is 5.69 Å². The van der Waals surface area contributed by atoms with E-state index in [1.165, 1.54) is 0 Å². The smallest absolute Gasteiger partial charge is 0.354 e. The molecule has 0 aliphatic carbocycles. The first-order valence-corrected chi connectivity index (χ1v) is 7.49. The Bertz CT molecular complexity index is 717. The number of aromatic carboxylic acids is 1. The van der Waals surface area contributed by atoms with Crippen molar-refractivity contribution in [3.63, 3.8) is 0 Å². The van der Waals surface area contributed by atoms with Gasteiger partial charge in [-0.15, -0.1) is 0 Å². The van der Waals surface area contributed by atoms with Crippen molar-refractivity contribution < 1.29 is 18.3 Å². The molecule has 0 bridgehead atoms. The zero-order valence-electron chi connectivity index (χ0n) is 8.71. The monoisotopic (exact) mass is 365 g/mol. The molecule has 7 heteroatoms. The van der Waals surface area contributed by atoms with E-state index in [4.69, 9.17) is 5.11 Å². The van der Waals surface area contributed by atoms with E-state index in [2.05, 4.69) is 0 Å². The zero-order valence-corrected chi connectivity index (χ0v) is 11.7. The fraction of sp³-hybridized carbons (Fsp3) is 0.100. The van der Waals surface area contributed by atoms with E-state index in [9.17, 15) is 13.2 Å². The van der Waals surface area contributed by atoms with Gasteiger partial charge in [0.2, 0.25) is 10.0 Å².